The zero-order chi connectivity index (χ0) is 21.8. The first kappa shape index (κ1) is 21.1. The minimum Gasteiger partial charge on any atom is -0.497 e. The summed E-state index contributed by atoms with van der Waals surface area (Å²) in [6, 6.07) is 15.3. The lowest BCUT2D eigenvalue weighted by atomic mass is 10.1. The van der Waals surface area contributed by atoms with E-state index >= 15 is 0 Å². The molecular weight excluding hydrogens is 432 g/mol. The molecule has 2 aromatic carbocycles. The number of ether oxygens (including phenoxy) is 2. The van der Waals surface area contributed by atoms with Gasteiger partial charge in [0.2, 0.25) is 11.0 Å². The number of carbonyl (C=O) groups is 1. The van der Waals surface area contributed by atoms with Gasteiger partial charge in [-0.1, -0.05) is 41.3 Å². The van der Waals surface area contributed by atoms with Gasteiger partial charge in [0.25, 0.3) is 0 Å². The molecule has 0 aliphatic rings. The van der Waals surface area contributed by atoms with Crippen molar-refractivity contribution in [2.24, 2.45) is 0 Å². The van der Waals surface area contributed by atoms with Crippen molar-refractivity contribution >= 4 is 45.0 Å². The number of para-hydroxylation sites is 1. The molecule has 0 bridgehead atoms. The van der Waals surface area contributed by atoms with E-state index in [1.54, 1.807) is 33.5 Å². The molecule has 9 heteroatoms. The average Bonchev–Trinajstić information content (AvgIpc) is 3.27. The Morgan fingerprint density at radius 3 is 2.55 bits per heavy atom. The molecule has 31 heavy (non-hydrogen) atoms. The number of carbonyl (C=O) groups excluding carboxylic acids is 1. The first-order chi connectivity index (χ1) is 15.1. The number of anilines is 1. The molecule has 0 radical (unpaired) electrons. The van der Waals surface area contributed by atoms with E-state index in [9.17, 15) is 4.79 Å². The second-order valence-electron chi connectivity index (χ2n) is 6.63. The minimum atomic E-state index is -0.0997. The quantitative estimate of drug-likeness (QED) is 0.383. The number of likely N-dealkylation sites (N-methyl/N-ethyl adjacent to an activating group) is 1. The van der Waals surface area contributed by atoms with Gasteiger partial charge < -0.3 is 9.47 Å². The Morgan fingerprint density at radius 1 is 1.06 bits per heavy atom. The van der Waals surface area contributed by atoms with Gasteiger partial charge >= 0.3 is 0 Å². The molecule has 0 aliphatic carbocycles. The molecule has 0 spiro atoms. The van der Waals surface area contributed by atoms with Gasteiger partial charge in [-0.3, -0.25) is 14.7 Å². The molecule has 0 fully saturated rings. The van der Waals surface area contributed by atoms with Crippen LogP contribution in [0.1, 0.15) is 5.56 Å². The number of rotatable bonds is 7. The molecule has 2 aromatic heterocycles. The second-order valence-corrected chi connectivity index (χ2v) is 8.87. The Kier molecular flexibility index (Phi) is 6.34. The van der Waals surface area contributed by atoms with Crippen molar-refractivity contribution in [3.63, 3.8) is 0 Å². The van der Waals surface area contributed by atoms with Crippen LogP contribution in [0.5, 0.6) is 11.5 Å². The van der Waals surface area contributed by atoms with Gasteiger partial charge in [-0.25, -0.2) is 0 Å². The smallest absolute Gasteiger partial charge is 0.232 e. The van der Waals surface area contributed by atoms with Crippen LogP contribution in [0.2, 0.25) is 0 Å². The van der Waals surface area contributed by atoms with Crippen LogP contribution in [0.25, 0.3) is 10.9 Å². The number of amides is 1. The van der Waals surface area contributed by atoms with Crippen LogP contribution in [0, 0.1) is 0 Å². The molecule has 0 N–H and O–H groups in total. The lowest BCUT2D eigenvalue weighted by molar-refractivity contribution is -0.117. The van der Waals surface area contributed by atoms with Crippen molar-refractivity contribution in [1.29, 1.82) is 0 Å². The third-order valence-corrected chi connectivity index (χ3v) is 6.76. The standard InChI is InChI=1S/C22H20N4O3S2/c1-26(20(27)12-14-10-15(28-2)13-16(11-14)29-3)21-24-25-22(31-21)30-19-8-9-23-18-7-5-4-6-17(18)19/h4-11,13H,12H2,1-3H3. The number of aromatic nitrogens is 3. The van der Waals surface area contributed by atoms with Gasteiger partial charge in [0.15, 0.2) is 4.34 Å². The highest BCUT2D eigenvalue weighted by molar-refractivity contribution is 8.01. The number of nitrogens with zero attached hydrogens (tertiary/aromatic N) is 4. The largest absolute Gasteiger partial charge is 0.497 e. The van der Waals surface area contributed by atoms with Gasteiger partial charge in [-0.05, 0) is 29.8 Å². The van der Waals surface area contributed by atoms with E-state index < -0.39 is 0 Å². The highest BCUT2D eigenvalue weighted by Gasteiger charge is 2.18. The van der Waals surface area contributed by atoms with Crippen LogP contribution in [0.3, 0.4) is 0 Å². The maximum absolute atomic E-state index is 12.8. The highest BCUT2D eigenvalue weighted by atomic mass is 32.2. The molecule has 4 aromatic rings. The third kappa shape index (κ3) is 4.78. The summed E-state index contributed by atoms with van der Waals surface area (Å²) < 4.78 is 11.3. The number of hydrogen-bond donors (Lipinski definition) is 0. The van der Waals surface area contributed by atoms with Crippen molar-refractivity contribution < 1.29 is 14.3 Å². The first-order valence-corrected chi connectivity index (χ1v) is 11.0. The minimum absolute atomic E-state index is 0.0997. The lowest BCUT2D eigenvalue weighted by Crippen LogP contribution is -2.27. The zero-order valence-corrected chi connectivity index (χ0v) is 18.9. The van der Waals surface area contributed by atoms with Crippen molar-refractivity contribution in [1.82, 2.24) is 15.2 Å². The van der Waals surface area contributed by atoms with E-state index in [0.29, 0.717) is 16.6 Å². The number of hydrogen-bond acceptors (Lipinski definition) is 8. The molecule has 0 saturated carbocycles. The van der Waals surface area contributed by atoms with Crippen LogP contribution < -0.4 is 14.4 Å². The molecule has 2 heterocycles. The second kappa shape index (κ2) is 9.32. The van der Waals surface area contributed by atoms with Crippen molar-refractivity contribution in [2.75, 3.05) is 26.2 Å². The SMILES string of the molecule is COc1cc(CC(=O)N(C)c2nnc(Sc3ccnc4ccccc34)s2)cc(OC)c1. The van der Waals surface area contributed by atoms with Gasteiger partial charge in [0.1, 0.15) is 11.5 Å². The van der Waals surface area contributed by atoms with Gasteiger partial charge in [0, 0.05) is 29.6 Å². The molecule has 4 rings (SSSR count). The van der Waals surface area contributed by atoms with E-state index in [1.807, 2.05) is 42.5 Å². The molecule has 0 atom stereocenters. The summed E-state index contributed by atoms with van der Waals surface area (Å²) in [6.45, 7) is 0. The summed E-state index contributed by atoms with van der Waals surface area (Å²) >= 11 is 2.89. The van der Waals surface area contributed by atoms with E-state index in [4.69, 9.17) is 9.47 Å². The topological polar surface area (TPSA) is 77.4 Å². The maximum Gasteiger partial charge on any atom is 0.232 e. The summed E-state index contributed by atoms with van der Waals surface area (Å²) in [5.74, 6) is 1.19. The lowest BCUT2D eigenvalue weighted by Gasteiger charge is -2.14. The summed E-state index contributed by atoms with van der Waals surface area (Å²) in [4.78, 5) is 19.8. The Labute approximate surface area is 188 Å². The maximum atomic E-state index is 12.8. The summed E-state index contributed by atoms with van der Waals surface area (Å²) in [7, 11) is 4.87. The molecule has 1 amide bonds. The Morgan fingerprint density at radius 2 is 1.81 bits per heavy atom. The van der Waals surface area contributed by atoms with Crippen LogP contribution in [-0.4, -0.2) is 42.4 Å². The predicted molar refractivity (Wildman–Crippen MR) is 122 cm³/mol. The summed E-state index contributed by atoms with van der Waals surface area (Å²) in [5, 5.41) is 10.1. The van der Waals surface area contributed by atoms with Crippen LogP contribution in [-0.2, 0) is 11.2 Å². The summed E-state index contributed by atoms with van der Waals surface area (Å²) in [6.07, 6.45) is 1.98. The highest BCUT2D eigenvalue weighted by Crippen LogP contribution is 2.36. The van der Waals surface area contributed by atoms with Gasteiger partial charge in [-0.2, -0.15) is 0 Å². The first-order valence-electron chi connectivity index (χ1n) is 9.41. The number of fused-ring (bicyclic) bond motifs is 1. The van der Waals surface area contributed by atoms with Crippen molar-refractivity contribution in [2.45, 2.75) is 15.7 Å². The summed E-state index contributed by atoms with van der Waals surface area (Å²) in [5.41, 5.74) is 1.73. The van der Waals surface area contributed by atoms with E-state index in [2.05, 4.69) is 15.2 Å². The van der Waals surface area contributed by atoms with Crippen LogP contribution >= 0.6 is 23.1 Å². The fourth-order valence-corrected chi connectivity index (χ4v) is 4.90. The number of benzene rings is 2. The van der Waals surface area contributed by atoms with E-state index in [1.165, 1.54) is 28.0 Å². The van der Waals surface area contributed by atoms with Crippen LogP contribution in [0.15, 0.2) is 64.0 Å². The van der Waals surface area contributed by atoms with Crippen molar-refractivity contribution in [3.8, 4) is 11.5 Å². The Balaban J connectivity index is 1.49. The molecule has 0 aliphatic heterocycles. The molecule has 7 nitrogen and oxygen atoms in total. The molecule has 0 saturated heterocycles. The Bertz CT molecular complexity index is 1200. The van der Waals surface area contributed by atoms with Gasteiger partial charge in [0.05, 0.1) is 26.2 Å². The third-order valence-electron chi connectivity index (χ3n) is 4.63. The van der Waals surface area contributed by atoms with E-state index in [0.717, 1.165) is 25.7 Å². The normalized spacial score (nSPS) is 10.8. The number of methoxy groups -OCH3 is 2. The van der Waals surface area contributed by atoms with E-state index in [-0.39, 0.29) is 12.3 Å². The fourth-order valence-electron chi connectivity index (χ4n) is 3.00. The molecule has 0 unspecified atom stereocenters. The van der Waals surface area contributed by atoms with Gasteiger partial charge in [-0.15, -0.1) is 10.2 Å². The fraction of sp³-hybridized carbons (Fsp3) is 0.182. The number of pyridine rings is 1. The average molecular weight is 453 g/mol. The zero-order valence-electron chi connectivity index (χ0n) is 17.2. The molecular formula is C22H20N4O3S2. The van der Waals surface area contributed by atoms with Crippen LogP contribution in [0.4, 0.5) is 5.13 Å². The molecule has 158 valence electrons. The predicted octanol–water partition coefficient (Wildman–Crippen LogP) is 4.46. The Hall–Kier alpha value is -3.17. The van der Waals surface area contributed by atoms with Crippen molar-refractivity contribution in [3.05, 3.63) is 60.3 Å². The monoisotopic (exact) mass is 452 g/mol.